The van der Waals surface area contributed by atoms with Crippen LogP contribution in [-0.4, -0.2) is 17.0 Å². The van der Waals surface area contributed by atoms with Crippen molar-refractivity contribution < 1.29 is 9.90 Å². The number of carbonyl (C=O) groups excluding carboxylic acids is 1. The Kier molecular flexibility index (Phi) is 5.82. The van der Waals surface area contributed by atoms with Crippen LogP contribution in [-0.2, 0) is 4.79 Å². The van der Waals surface area contributed by atoms with E-state index in [1.54, 1.807) is 0 Å². The molecule has 0 aromatic carbocycles. The van der Waals surface area contributed by atoms with Crippen molar-refractivity contribution in [1.29, 1.82) is 0 Å². The Labute approximate surface area is 178 Å². The fourth-order valence-corrected chi connectivity index (χ4v) is 8.56. The van der Waals surface area contributed by atoms with Gasteiger partial charge in [-0.2, -0.15) is 0 Å². The summed E-state index contributed by atoms with van der Waals surface area (Å²) < 4.78 is 0. The molecule has 1 N–H and O–H groups in total. The molecule has 4 aliphatic rings. The number of allylic oxidation sites excluding steroid dienone is 1. The van der Waals surface area contributed by atoms with Crippen LogP contribution in [0.3, 0.4) is 0 Å². The third-order valence-corrected chi connectivity index (χ3v) is 10.1. The lowest BCUT2D eigenvalue weighted by molar-refractivity contribution is -0.129. The molecule has 3 fully saturated rings. The monoisotopic (exact) mass is 400 g/mol. The Bertz CT molecular complexity index is 663. The maximum Gasteiger partial charge on any atom is 0.159 e. The molecule has 0 amide bonds. The highest BCUT2D eigenvalue weighted by molar-refractivity contribution is 5.98. The van der Waals surface area contributed by atoms with Gasteiger partial charge >= 0.3 is 0 Å². The zero-order valence-corrected chi connectivity index (χ0v) is 19.5. The van der Waals surface area contributed by atoms with E-state index in [-0.39, 0.29) is 5.41 Å². The molecule has 0 aromatic rings. The fourth-order valence-electron chi connectivity index (χ4n) is 8.56. The summed E-state index contributed by atoms with van der Waals surface area (Å²) >= 11 is 0. The minimum Gasteiger partial charge on any atom is -0.389 e. The van der Waals surface area contributed by atoms with Gasteiger partial charge in [-0.3, -0.25) is 4.79 Å². The van der Waals surface area contributed by atoms with E-state index < -0.39 is 6.10 Å². The van der Waals surface area contributed by atoms with Crippen molar-refractivity contribution in [2.75, 3.05) is 0 Å². The molecule has 0 aromatic heterocycles. The Morgan fingerprint density at radius 3 is 2.52 bits per heavy atom. The first kappa shape index (κ1) is 21.6. The average molecular weight is 401 g/mol. The predicted molar refractivity (Wildman–Crippen MR) is 119 cm³/mol. The van der Waals surface area contributed by atoms with Gasteiger partial charge in [0.1, 0.15) is 0 Å². The summed E-state index contributed by atoms with van der Waals surface area (Å²) in [7, 11) is 0. The summed E-state index contributed by atoms with van der Waals surface area (Å²) in [6.07, 6.45) is 13.5. The molecule has 0 unspecified atom stereocenters. The first-order chi connectivity index (χ1) is 13.7. The Balaban J connectivity index is 1.53. The van der Waals surface area contributed by atoms with Gasteiger partial charge in [0.25, 0.3) is 0 Å². The maximum atomic E-state index is 13.2. The molecule has 3 saturated carbocycles. The molecule has 0 aliphatic heterocycles. The highest BCUT2D eigenvalue weighted by atomic mass is 16.3. The summed E-state index contributed by atoms with van der Waals surface area (Å²) in [5.41, 5.74) is 1.43. The molecule has 0 spiro atoms. The number of aliphatic hydroxyl groups is 1. The molecule has 0 saturated heterocycles. The fraction of sp³-hybridized carbons (Fsp3) is 0.889. The van der Waals surface area contributed by atoms with Crippen LogP contribution in [0, 0.1) is 46.3 Å². The molecule has 29 heavy (non-hydrogen) atoms. The van der Waals surface area contributed by atoms with Gasteiger partial charge in [-0.15, -0.1) is 0 Å². The van der Waals surface area contributed by atoms with Crippen LogP contribution in [0.5, 0.6) is 0 Å². The minimum absolute atomic E-state index is 0.0154. The summed E-state index contributed by atoms with van der Waals surface area (Å²) in [4.78, 5) is 13.2. The van der Waals surface area contributed by atoms with Gasteiger partial charge in [0.05, 0.1) is 6.10 Å². The Hall–Kier alpha value is -0.630. The Morgan fingerprint density at radius 2 is 1.79 bits per heavy atom. The molecule has 4 aliphatic carbocycles. The molecule has 8 atom stereocenters. The van der Waals surface area contributed by atoms with E-state index >= 15 is 0 Å². The standard InChI is InChI=1S/C27H44O2/c1-17(2)7-6-8-18(3)21-9-10-22-20-16-25(29)24-15-19(28)11-13-27(24,5)23(20)12-14-26(21,22)4/h15,17-23,28H,6-14,16H2,1-5H3/t18-,19-,20-,21+,22-,23-,26+,27+/m0/s1. The molecular formula is C27H44O2. The van der Waals surface area contributed by atoms with Gasteiger partial charge in [0, 0.05) is 6.42 Å². The normalized spacial score (nSPS) is 45.4. The zero-order chi connectivity index (χ0) is 21.0. The van der Waals surface area contributed by atoms with Gasteiger partial charge in [-0.1, -0.05) is 53.9 Å². The van der Waals surface area contributed by atoms with Crippen LogP contribution >= 0.6 is 0 Å². The van der Waals surface area contributed by atoms with Crippen molar-refractivity contribution in [3.63, 3.8) is 0 Å². The lowest BCUT2D eigenvalue weighted by atomic mass is 9.46. The molecule has 0 radical (unpaired) electrons. The first-order valence-electron chi connectivity index (χ1n) is 12.6. The number of fused-ring (bicyclic) bond motifs is 5. The molecule has 4 rings (SSSR count). The van der Waals surface area contributed by atoms with E-state index in [4.69, 9.17) is 0 Å². The largest absolute Gasteiger partial charge is 0.389 e. The van der Waals surface area contributed by atoms with Crippen LogP contribution in [0.2, 0.25) is 0 Å². The van der Waals surface area contributed by atoms with Gasteiger partial charge in [0.2, 0.25) is 0 Å². The number of rotatable bonds is 5. The van der Waals surface area contributed by atoms with Crippen molar-refractivity contribution >= 4 is 5.78 Å². The second kappa shape index (κ2) is 7.81. The molecule has 0 heterocycles. The number of carbonyl (C=O) groups is 1. The number of hydrogen-bond donors (Lipinski definition) is 1. The summed E-state index contributed by atoms with van der Waals surface area (Å²) in [5.74, 6) is 4.77. The minimum atomic E-state index is -0.407. The first-order valence-corrected chi connectivity index (χ1v) is 12.6. The van der Waals surface area contributed by atoms with Crippen LogP contribution in [0.4, 0.5) is 0 Å². The van der Waals surface area contributed by atoms with Crippen molar-refractivity contribution in [1.82, 2.24) is 0 Å². The number of Topliss-reactive ketones (excluding diaryl/α,β-unsaturated/α-hetero) is 1. The highest BCUT2D eigenvalue weighted by Gasteiger charge is 2.60. The highest BCUT2D eigenvalue weighted by Crippen LogP contribution is 2.67. The Morgan fingerprint density at radius 1 is 1.03 bits per heavy atom. The van der Waals surface area contributed by atoms with Gasteiger partial charge < -0.3 is 5.11 Å². The molecule has 2 nitrogen and oxygen atoms in total. The number of aliphatic hydroxyl groups excluding tert-OH is 1. The molecule has 0 bridgehead atoms. The van der Waals surface area contributed by atoms with Crippen molar-refractivity contribution in [2.24, 2.45) is 46.3 Å². The van der Waals surface area contributed by atoms with Crippen LogP contribution in [0.25, 0.3) is 0 Å². The van der Waals surface area contributed by atoms with Crippen LogP contribution in [0.15, 0.2) is 11.6 Å². The maximum absolute atomic E-state index is 13.2. The average Bonchev–Trinajstić information content (AvgIpc) is 3.00. The van der Waals surface area contributed by atoms with Gasteiger partial charge in [-0.25, -0.2) is 0 Å². The smallest absolute Gasteiger partial charge is 0.159 e. The van der Waals surface area contributed by atoms with E-state index in [0.717, 1.165) is 48.5 Å². The van der Waals surface area contributed by atoms with Crippen molar-refractivity contribution in [3.05, 3.63) is 11.6 Å². The lowest BCUT2D eigenvalue weighted by Crippen LogP contribution is -2.53. The number of hydrogen-bond acceptors (Lipinski definition) is 2. The zero-order valence-electron chi connectivity index (χ0n) is 19.5. The predicted octanol–water partition coefficient (Wildman–Crippen LogP) is 6.57. The second-order valence-electron chi connectivity index (χ2n) is 12.1. The molecular weight excluding hydrogens is 356 g/mol. The second-order valence-corrected chi connectivity index (χ2v) is 12.1. The van der Waals surface area contributed by atoms with Gasteiger partial charge in [-0.05, 0) is 96.5 Å². The lowest BCUT2D eigenvalue weighted by Gasteiger charge is -2.58. The summed E-state index contributed by atoms with van der Waals surface area (Å²) in [5, 5.41) is 10.1. The molecule has 2 heteroatoms. The third-order valence-electron chi connectivity index (χ3n) is 10.1. The van der Waals surface area contributed by atoms with E-state index in [1.165, 1.54) is 44.9 Å². The summed E-state index contributed by atoms with van der Waals surface area (Å²) in [6, 6.07) is 0. The van der Waals surface area contributed by atoms with E-state index in [2.05, 4.69) is 34.6 Å². The van der Waals surface area contributed by atoms with E-state index in [1.807, 2.05) is 6.08 Å². The van der Waals surface area contributed by atoms with Crippen LogP contribution in [0.1, 0.15) is 98.8 Å². The van der Waals surface area contributed by atoms with Crippen LogP contribution < -0.4 is 0 Å². The van der Waals surface area contributed by atoms with Crippen molar-refractivity contribution in [3.8, 4) is 0 Å². The summed E-state index contributed by atoms with van der Waals surface area (Å²) in [6.45, 7) is 12.1. The quantitative estimate of drug-likeness (QED) is 0.567. The van der Waals surface area contributed by atoms with Crippen molar-refractivity contribution in [2.45, 2.75) is 105 Å². The van der Waals surface area contributed by atoms with E-state index in [9.17, 15) is 9.90 Å². The number of ketones is 1. The van der Waals surface area contributed by atoms with E-state index in [0.29, 0.717) is 23.0 Å². The SMILES string of the molecule is CC(C)CCC[C@H](C)[C@H]1CC[C@H]2[C@@H]3CC(=O)C4=C[C@@H](O)CC[C@]4(C)[C@H]3CC[C@]12C. The third kappa shape index (κ3) is 3.56. The molecule has 164 valence electrons. The topological polar surface area (TPSA) is 37.3 Å². The van der Waals surface area contributed by atoms with Gasteiger partial charge in [0.15, 0.2) is 5.78 Å².